The average molecular weight is 275 g/mol. The molecule has 0 aliphatic rings. The Hall–Kier alpha value is -2.45. The largest absolute Gasteiger partial charge is 0.457 e. The predicted octanol–water partition coefficient (Wildman–Crippen LogP) is 3.68. The third kappa shape index (κ3) is 3.11. The van der Waals surface area contributed by atoms with Gasteiger partial charge in [-0.15, -0.1) is 0 Å². The van der Waals surface area contributed by atoms with Crippen molar-refractivity contribution in [1.29, 1.82) is 5.26 Å². The summed E-state index contributed by atoms with van der Waals surface area (Å²) in [6.45, 7) is 1.53. The highest BCUT2D eigenvalue weighted by molar-refractivity contribution is 5.45. The molecule has 0 aliphatic carbocycles. The van der Waals surface area contributed by atoms with Crippen molar-refractivity contribution >= 4 is 0 Å². The van der Waals surface area contributed by atoms with Crippen LogP contribution in [0.5, 0.6) is 11.5 Å². The minimum Gasteiger partial charge on any atom is -0.457 e. The quantitative estimate of drug-likeness (QED) is 0.929. The van der Waals surface area contributed by atoms with E-state index in [2.05, 4.69) is 0 Å². The molecule has 20 heavy (non-hydrogen) atoms. The second kappa shape index (κ2) is 5.68. The first-order chi connectivity index (χ1) is 9.49. The molecule has 2 aromatic rings. The number of aliphatic hydroxyl groups excluding tert-OH is 1. The molecule has 0 amide bonds. The van der Waals surface area contributed by atoms with Crippen LogP contribution in [0, 0.1) is 23.0 Å². The topological polar surface area (TPSA) is 53.2 Å². The number of benzene rings is 2. The standard InChI is InChI=1S/C15H11F2NO2/c1-9(19)14-3-2-10(8-18)4-15(14)20-13-6-11(16)5-12(17)7-13/h2-7,9,19H,1H3. The third-order valence-corrected chi connectivity index (χ3v) is 2.66. The SMILES string of the molecule is CC(O)c1ccc(C#N)cc1Oc1cc(F)cc(F)c1. The van der Waals surface area contributed by atoms with Gasteiger partial charge in [-0.3, -0.25) is 0 Å². The van der Waals surface area contributed by atoms with Crippen LogP contribution in [0.15, 0.2) is 36.4 Å². The monoisotopic (exact) mass is 275 g/mol. The summed E-state index contributed by atoms with van der Waals surface area (Å²) in [7, 11) is 0. The number of aliphatic hydroxyl groups is 1. The van der Waals surface area contributed by atoms with Crippen molar-refractivity contribution in [1.82, 2.24) is 0 Å². The van der Waals surface area contributed by atoms with Crippen LogP contribution >= 0.6 is 0 Å². The van der Waals surface area contributed by atoms with Gasteiger partial charge in [-0.25, -0.2) is 8.78 Å². The van der Waals surface area contributed by atoms with E-state index >= 15 is 0 Å². The highest BCUT2D eigenvalue weighted by atomic mass is 19.1. The Bertz CT molecular complexity index is 658. The van der Waals surface area contributed by atoms with Gasteiger partial charge < -0.3 is 9.84 Å². The lowest BCUT2D eigenvalue weighted by molar-refractivity contribution is 0.195. The molecule has 0 saturated carbocycles. The molecule has 102 valence electrons. The summed E-state index contributed by atoms with van der Waals surface area (Å²) < 4.78 is 31.6. The molecule has 0 fully saturated rings. The molecule has 0 spiro atoms. The maximum absolute atomic E-state index is 13.1. The smallest absolute Gasteiger partial charge is 0.134 e. The number of nitrogens with zero attached hydrogens (tertiary/aromatic N) is 1. The fourth-order valence-corrected chi connectivity index (χ4v) is 1.75. The van der Waals surface area contributed by atoms with Gasteiger partial charge in [0.05, 0.1) is 17.7 Å². The fourth-order valence-electron chi connectivity index (χ4n) is 1.75. The molecule has 5 heteroatoms. The third-order valence-electron chi connectivity index (χ3n) is 2.66. The van der Waals surface area contributed by atoms with E-state index in [1.807, 2.05) is 6.07 Å². The molecule has 0 bridgehead atoms. The van der Waals surface area contributed by atoms with E-state index in [0.717, 1.165) is 18.2 Å². The lowest BCUT2D eigenvalue weighted by Crippen LogP contribution is -1.97. The normalized spacial score (nSPS) is 11.8. The first-order valence-corrected chi connectivity index (χ1v) is 5.85. The zero-order valence-electron chi connectivity index (χ0n) is 10.6. The molecule has 1 atom stereocenters. The van der Waals surface area contributed by atoms with Crippen molar-refractivity contribution in [3.05, 3.63) is 59.2 Å². The van der Waals surface area contributed by atoms with Crippen LogP contribution < -0.4 is 4.74 Å². The Labute approximate surface area is 114 Å². The number of hydrogen-bond acceptors (Lipinski definition) is 3. The Morgan fingerprint density at radius 2 is 1.80 bits per heavy atom. The minimum absolute atomic E-state index is 0.0421. The van der Waals surface area contributed by atoms with Crippen LogP contribution in [0.1, 0.15) is 24.2 Å². The summed E-state index contributed by atoms with van der Waals surface area (Å²) in [5, 5.41) is 18.5. The average Bonchev–Trinajstić information content (AvgIpc) is 2.37. The van der Waals surface area contributed by atoms with Crippen molar-refractivity contribution in [2.75, 3.05) is 0 Å². The van der Waals surface area contributed by atoms with E-state index in [4.69, 9.17) is 10.00 Å². The minimum atomic E-state index is -0.837. The Morgan fingerprint density at radius 3 is 2.35 bits per heavy atom. The predicted molar refractivity (Wildman–Crippen MR) is 68.2 cm³/mol. The lowest BCUT2D eigenvalue weighted by atomic mass is 10.1. The molecular weight excluding hydrogens is 264 g/mol. The Kier molecular flexibility index (Phi) is 3.97. The van der Waals surface area contributed by atoms with Crippen LogP contribution in [0.3, 0.4) is 0 Å². The second-order valence-corrected chi connectivity index (χ2v) is 4.25. The number of nitriles is 1. The van der Waals surface area contributed by atoms with Gasteiger partial charge in [0.25, 0.3) is 0 Å². The van der Waals surface area contributed by atoms with Gasteiger partial charge in [0.15, 0.2) is 0 Å². The molecule has 3 nitrogen and oxygen atoms in total. The summed E-state index contributed by atoms with van der Waals surface area (Å²) >= 11 is 0. The van der Waals surface area contributed by atoms with Crippen molar-refractivity contribution in [3.63, 3.8) is 0 Å². The highest BCUT2D eigenvalue weighted by Crippen LogP contribution is 2.31. The van der Waals surface area contributed by atoms with E-state index < -0.39 is 17.7 Å². The highest BCUT2D eigenvalue weighted by Gasteiger charge is 2.12. The number of hydrogen-bond donors (Lipinski definition) is 1. The van der Waals surface area contributed by atoms with Crippen LogP contribution in [-0.2, 0) is 0 Å². The number of halogens is 2. The van der Waals surface area contributed by atoms with Gasteiger partial charge in [-0.1, -0.05) is 6.07 Å². The van der Waals surface area contributed by atoms with E-state index in [9.17, 15) is 13.9 Å². The maximum atomic E-state index is 13.1. The van der Waals surface area contributed by atoms with Gasteiger partial charge in [-0.05, 0) is 19.1 Å². The second-order valence-electron chi connectivity index (χ2n) is 4.25. The molecular formula is C15H11F2NO2. The van der Waals surface area contributed by atoms with E-state index in [0.29, 0.717) is 11.1 Å². The van der Waals surface area contributed by atoms with Gasteiger partial charge in [0, 0.05) is 23.8 Å². The van der Waals surface area contributed by atoms with Crippen LogP contribution in [0.25, 0.3) is 0 Å². The molecule has 2 aromatic carbocycles. The molecule has 0 heterocycles. The first-order valence-electron chi connectivity index (χ1n) is 5.85. The summed E-state index contributed by atoms with van der Waals surface area (Å²) in [6.07, 6.45) is -0.837. The number of rotatable bonds is 3. The molecule has 0 radical (unpaired) electrons. The van der Waals surface area contributed by atoms with Crippen LogP contribution in [0.4, 0.5) is 8.78 Å². The first kappa shape index (κ1) is 14.0. The van der Waals surface area contributed by atoms with E-state index in [1.54, 1.807) is 0 Å². The summed E-state index contributed by atoms with van der Waals surface area (Å²) in [4.78, 5) is 0. The van der Waals surface area contributed by atoms with Crippen molar-refractivity contribution in [3.8, 4) is 17.6 Å². The molecule has 2 rings (SSSR count). The number of ether oxygens (including phenoxy) is 1. The van der Waals surface area contributed by atoms with Gasteiger partial charge >= 0.3 is 0 Å². The fraction of sp³-hybridized carbons (Fsp3) is 0.133. The van der Waals surface area contributed by atoms with Gasteiger partial charge in [-0.2, -0.15) is 5.26 Å². The van der Waals surface area contributed by atoms with E-state index in [-0.39, 0.29) is 11.5 Å². The van der Waals surface area contributed by atoms with Crippen molar-refractivity contribution in [2.45, 2.75) is 13.0 Å². The molecule has 1 N–H and O–H groups in total. The molecule has 0 aliphatic heterocycles. The lowest BCUT2D eigenvalue weighted by Gasteiger charge is -2.13. The van der Waals surface area contributed by atoms with Gasteiger partial charge in [0.1, 0.15) is 23.1 Å². The maximum Gasteiger partial charge on any atom is 0.134 e. The Morgan fingerprint density at radius 1 is 1.15 bits per heavy atom. The Balaban J connectivity index is 2.43. The molecule has 0 saturated heterocycles. The van der Waals surface area contributed by atoms with Crippen molar-refractivity contribution in [2.24, 2.45) is 0 Å². The van der Waals surface area contributed by atoms with Crippen LogP contribution in [-0.4, -0.2) is 5.11 Å². The molecule has 0 aromatic heterocycles. The summed E-state index contributed by atoms with van der Waals surface area (Å²) in [5.74, 6) is -1.39. The van der Waals surface area contributed by atoms with E-state index in [1.165, 1.54) is 25.1 Å². The zero-order valence-corrected chi connectivity index (χ0v) is 10.6. The van der Waals surface area contributed by atoms with Crippen LogP contribution in [0.2, 0.25) is 0 Å². The van der Waals surface area contributed by atoms with Gasteiger partial charge in [0.2, 0.25) is 0 Å². The molecule has 1 unspecified atom stereocenters. The van der Waals surface area contributed by atoms with Crippen molar-refractivity contribution < 1.29 is 18.6 Å². The summed E-state index contributed by atoms with van der Waals surface area (Å²) in [6, 6.07) is 9.18. The zero-order chi connectivity index (χ0) is 14.7. The summed E-state index contributed by atoms with van der Waals surface area (Å²) in [5.41, 5.74) is 0.745.